The van der Waals surface area contributed by atoms with Gasteiger partial charge >= 0.3 is 0 Å². The molecular formula is C31H35FN2O3. The zero-order chi connectivity index (χ0) is 26.0. The summed E-state index contributed by atoms with van der Waals surface area (Å²) in [5.41, 5.74) is 2.63. The molecule has 1 aliphatic rings. The number of halogens is 1. The van der Waals surface area contributed by atoms with Gasteiger partial charge in [-0.05, 0) is 54.7 Å². The van der Waals surface area contributed by atoms with Crippen molar-refractivity contribution in [1.82, 2.24) is 10.2 Å². The van der Waals surface area contributed by atoms with E-state index in [9.17, 15) is 14.0 Å². The van der Waals surface area contributed by atoms with E-state index in [0.717, 1.165) is 42.4 Å². The number of aryl methyl sites for hydroxylation is 1. The van der Waals surface area contributed by atoms with Crippen molar-refractivity contribution < 1.29 is 18.7 Å². The smallest absolute Gasteiger partial charge is 0.261 e. The summed E-state index contributed by atoms with van der Waals surface area (Å²) >= 11 is 0. The molecule has 37 heavy (non-hydrogen) atoms. The fourth-order valence-electron chi connectivity index (χ4n) is 4.83. The third-order valence-electron chi connectivity index (χ3n) is 6.93. The number of hydrogen-bond acceptors (Lipinski definition) is 3. The van der Waals surface area contributed by atoms with Crippen LogP contribution in [0.5, 0.6) is 5.75 Å². The molecule has 1 fully saturated rings. The highest BCUT2D eigenvalue weighted by Crippen LogP contribution is 2.21. The fourth-order valence-corrected chi connectivity index (χ4v) is 4.83. The summed E-state index contributed by atoms with van der Waals surface area (Å²) in [6.07, 6.45) is 5.65. The molecule has 0 heterocycles. The van der Waals surface area contributed by atoms with E-state index in [1.807, 2.05) is 61.5 Å². The number of hydrogen-bond donors (Lipinski definition) is 1. The second kappa shape index (κ2) is 13.0. The highest BCUT2D eigenvalue weighted by Gasteiger charge is 2.32. The van der Waals surface area contributed by atoms with Gasteiger partial charge in [0.25, 0.3) is 5.91 Å². The summed E-state index contributed by atoms with van der Waals surface area (Å²) in [7, 11) is 0. The second-order valence-electron chi connectivity index (χ2n) is 9.75. The van der Waals surface area contributed by atoms with Crippen molar-refractivity contribution in [1.29, 1.82) is 0 Å². The summed E-state index contributed by atoms with van der Waals surface area (Å²) < 4.78 is 19.5. The van der Waals surface area contributed by atoms with E-state index < -0.39 is 6.04 Å². The van der Waals surface area contributed by atoms with Crippen molar-refractivity contribution in [2.75, 3.05) is 6.61 Å². The van der Waals surface area contributed by atoms with Gasteiger partial charge in [0.2, 0.25) is 5.91 Å². The van der Waals surface area contributed by atoms with Gasteiger partial charge in [0, 0.05) is 19.0 Å². The third-order valence-corrected chi connectivity index (χ3v) is 6.93. The Morgan fingerprint density at radius 3 is 2.30 bits per heavy atom. The van der Waals surface area contributed by atoms with Crippen LogP contribution in [0.2, 0.25) is 0 Å². The van der Waals surface area contributed by atoms with Crippen molar-refractivity contribution in [3.8, 4) is 5.75 Å². The number of carbonyl (C=O) groups excluding carboxylic acids is 2. The van der Waals surface area contributed by atoms with Gasteiger partial charge in [0.05, 0.1) is 0 Å². The van der Waals surface area contributed by atoms with Gasteiger partial charge in [-0.3, -0.25) is 9.59 Å². The molecule has 0 aromatic heterocycles. The van der Waals surface area contributed by atoms with E-state index in [1.165, 1.54) is 18.6 Å². The monoisotopic (exact) mass is 502 g/mol. The molecule has 5 nitrogen and oxygen atoms in total. The van der Waals surface area contributed by atoms with Crippen LogP contribution in [-0.2, 0) is 22.6 Å². The van der Waals surface area contributed by atoms with E-state index in [0.29, 0.717) is 12.2 Å². The summed E-state index contributed by atoms with van der Waals surface area (Å²) in [6.45, 7) is 1.89. The molecule has 0 aliphatic heterocycles. The predicted molar refractivity (Wildman–Crippen MR) is 143 cm³/mol. The SMILES string of the molecule is Cc1ccccc1OCC(=O)N(Cc1ccc(F)cc1)C(Cc1ccccc1)C(=O)NC1CCCCC1. The van der Waals surface area contributed by atoms with Gasteiger partial charge in [0.15, 0.2) is 6.61 Å². The van der Waals surface area contributed by atoms with Crippen LogP contribution in [0.4, 0.5) is 4.39 Å². The predicted octanol–water partition coefficient (Wildman–Crippen LogP) is 5.60. The molecule has 3 aromatic carbocycles. The maximum absolute atomic E-state index is 13.7. The molecular weight excluding hydrogens is 467 g/mol. The van der Waals surface area contributed by atoms with Crippen LogP contribution in [0.3, 0.4) is 0 Å². The molecule has 6 heteroatoms. The molecule has 0 radical (unpaired) electrons. The number of para-hydroxylation sites is 1. The number of nitrogens with one attached hydrogen (secondary N) is 1. The van der Waals surface area contributed by atoms with Gasteiger partial charge in [-0.25, -0.2) is 4.39 Å². The quantitative estimate of drug-likeness (QED) is 0.393. The fraction of sp³-hybridized carbons (Fsp3) is 0.355. The lowest BCUT2D eigenvalue weighted by molar-refractivity contribution is -0.143. The van der Waals surface area contributed by atoms with E-state index >= 15 is 0 Å². The molecule has 1 saturated carbocycles. The summed E-state index contributed by atoms with van der Waals surface area (Å²) in [5.74, 6) is -0.182. The lowest BCUT2D eigenvalue weighted by Crippen LogP contribution is -2.53. The Morgan fingerprint density at radius 2 is 1.59 bits per heavy atom. The van der Waals surface area contributed by atoms with E-state index in [1.54, 1.807) is 17.0 Å². The standard InChI is InChI=1S/C31H35FN2O3/c1-23-10-8-9-15-29(23)37-22-30(35)34(21-25-16-18-26(32)19-17-25)28(20-24-11-4-2-5-12-24)31(36)33-27-13-6-3-7-14-27/h2,4-5,8-12,15-19,27-28H,3,6-7,13-14,20-22H2,1H3,(H,33,36). The zero-order valence-corrected chi connectivity index (χ0v) is 21.4. The summed E-state index contributed by atoms with van der Waals surface area (Å²) in [4.78, 5) is 29.0. The van der Waals surface area contributed by atoms with E-state index in [2.05, 4.69) is 5.32 Å². The first-order valence-corrected chi connectivity index (χ1v) is 13.1. The van der Waals surface area contributed by atoms with Gasteiger partial charge < -0.3 is 15.0 Å². The molecule has 1 atom stereocenters. The van der Waals surface area contributed by atoms with Gasteiger partial charge in [0.1, 0.15) is 17.6 Å². The van der Waals surface area contributed by atoms with E-state index in [4.69, 9.17) is 4.74 Å². The number of amides is 2. The van der Waals surface area contributed by atoms with Crippen LogP contribution < -0.4 is 10.1 Å². The topological polar surface area (TPSA) is 58.6 Å². The Balaban J connectivity index is 1.61. The number of ether oxygens (including phenoxy) is 1. The molecule has 0 saturated heterocycles. The minimum Gasteiger partial charge on any atom is -0.484 e. The maximum Gasteiger partial charge on any atom is 0.261 e. The van der Waals surface area contributed by atoms with Gasteiger partial charge in [-0.15, -0.1) is 0 Å². The molecule has 0 bridgehead atoms. The molecule has 2 amide bonds. The number of nitrogens with zero attached hydrogens (tertiary/aromatic N) is 1. The Hall–Kier alpha value is -3.67. The largest absolute Gasteiger partial charge is 0.484 e. The van der Waals surface area contributed by atoms with Gasteiger partial charge in [-0.2, -0.15) is 0 Å². The summed E-state index contributed by atoms with van der Waals surface area (Å²) in [5, 5.41) is 3.22. The van der Waals surface area contributed by atoms with Crippen LogP contribution in [-0.4, -0.2) is 35.4 Å². The second-order valence-corrected chi connectivity index (χ2v) is 9.75. The first-order valence-electron chi connectivity index (χ1n) is 13.1. The highest BCUT2D eigenvalue weighted by molar-refractivity contribution is 5.88. The molecule has 3 aromatic rings. The molecule has 1 unspecified atom stereocenters. The lowest BCUT2D eigenvalue weighted by Gasteiger charge is -2.33. The first kappa shape index (κ1) is 26.4. The summed E-state index contributed by atoms with van der Waals surface area (Å²) in [6, 6.07) is 22.7. The number of rotatable bonds is 10. The molecule has 194 valence electrons. The van der Waals surface area contributed by atoms with E-state index in [-0.39, 0.29) is 36.8 Å². The van der Waals surface area contributed by atoms with Crippen molar-refractivity contribution in [3.05, 3.63) is 101 Å². The Morgan fingerprint density at radius 1 is 0.919 bits per heavy atom. The zero-order valence-electron chi connectivity index (χ0n) is 21.4. The van der Waals surface area contributed by atoms with Crippen molar-refractivity contribution in [2.45, 2.75) is 64.1 Å². The molecule has 0 spiro atoms. The normalized spacial score (nSPS) is 14.5. The van der Waals surface area contributed by atoms with Crippen LogP contribution in [0.25, 0.3) is 0 Å². The van der Waals surface area contributed by atoms with Crippen LogP contribution in [0, 0.1) is 12.7 Å². The maximum atomic E-state index is 13.7. The van der Waals surface area contributed by atoms with Gasteiger partial charge in [-0.1, -0.05) is 79.9 Å². The highest BCUT2D eigenvalue weighted by atomic mass is 19.1. The molecule has 4 rings (SSSR count). The van der Waals surface area contributed by atoms with Crippen LogP contribution >= 0.6 is 0 Å². The minimum atomic E-state index is -0.734. The first-order chi connectivity index (χ1) is 18.0. The average Bonchev–Trinajstić information content (AvgIpc) is 2.92. The molecule has 1 N–H and O–H groups in total. The van der Waals surface area contributed by atoms with Crippen molar-refractivity contribution in [2.24, 2.45) is 0 Å². The molecule has 1 aliphatic carbocycles. The Kier molecular flexibility index (Phi) is 9.30. The van der Waals surface area contributed by atoms with Crippen LogP contribution in [0.15, 0.2) is 78.9 Å². The lowest BCUT2D eigenvalue weighted by atomic mass is 9.94. The van der Waals surface area contributed by atoms with Crippen molar-refractivity contribution in [3.63, 3.8) is 0 Å². The van der Waals surface area contributed by atoms with Crippen molar-refractivity contribution >= 4 is 11.8 Å². The number of benzene rings is 3. The Labute approximate surface area is 218 Å². The van der Waals surface area contributed by atoms with Crippen LogP contribution in [0.1, 0.15) is 48.8 Å². The number of carbonyl (C=O) groups is 2. The third kappa shape index (κ3) is 7.66. The average molecular weight is 503 g/mol. The minimum absolute atomic E-state index is 0.116. The Bertz CT molecular complexity index is 1160.